The van der Waals surface area contributed by atoms with Crippen LogP contribution in [0.5, 0.6) is 0 Å². The van der Waals surface area contributed by atoms with Crippen LogP contribution in [0.15, 0.2) is 0 Å². The maximum absolute atomic E-state index is 11.4. The summed E-state index contributed by atoms with van der Waals surface area (Å²) in [6.45, 7) is 6.64. The SMILES string of the molecule is CC(C)CCNC(=O)CNCC1CCCC1. The number of carbonyl (C=O) groups excluding carboxylic acids is 1. The first-order chi connectivity index (χ1) is 7.68. The molecule has 0 aliphatic heterocycles. The van der Waals surface area contributed by atoms with Gasteiger partial charge in [0, 0.05) is 6.54 Å². The average molecular weight is 226 g/mol. The molecule has 1 aliphatic rings. The first-order valence-corrected chi connectivity index (χ1v) is 6.66. The van der Waals surface area contributed by atoms with E-state index in [9.17, 15) is 4.79 Å². The van der Waals surface area contributed by atoms with Crippen LogP contribution in [0.25, 0.3) is 0 Å². The van der Waals surface area contributed by atoms with Gasteiger partial charge in [-0.1, -0.05) is 26.7 Å². The molecule has 3 heteroatoms. The Balaban J connectivity index is 1.93. The largest absolute Gasteiger partial charge is 0.355 e. The number of carbonyl (C=O) groups is 1. The number of rotatable bonds is 7. The highest BCUT2D eigenvalue weighted by Crippen LogP contribution is 2.23. The van der Waals surface area contributed by atoms with Crippen molar-refractivity contribution >= 4 is 5.91 Å². The van der Waals surface area contributed by atoms with Gasteiger partial charge >= 0.3 is 0 Å². The number of nitrogens with one attached hydrogen (secondary N) is 2. The van der Waals surface area contributed by atoms with Crippen molar-refractivity contribution in [2.24, 2.45) is 11.8 Å². The molecule has 0 aromatic carbocycles. The monoisotopic (exact) mass is 226 g/mol. The van der Waals surface area contributed by atoms with Crippen LogP contribution in [0.1, 0.15) is 46.0 Å². The summed E-state index contributed by atoms with van der Waals surface area (Å²) in [7, 11) is 0. The standard InChI is InChI=1S/C13H26N2O/c1-11(2)7-8-15-13(16)10-14-9-12-5-3-4-6-12/h11-12,14H,3-10H2,1-2H3,(H,15,16). The Kier molecular flexibility index (Phi) is 6.46. The zero-order chi connectivity index (χ0) is 11.8. The highest BCUT2D eigenvalue weighted by Gasteiger charge is 2.14. The summed E-state index contributed by atoms with van der Waals surface area (Å²) in [6.07, 6.45) is 6.47. The van der Waals surface area contributed by atoms with Gasteiger partial charge in [0.2, 0.25) is 5.91 Å². The summed E-state index contributed by atoms with van der Waals surface area (Å²) in [5, 5.41) is 6.19. The van der Waals surface area contributed by atoms with Crippen molar-refractivity contribution in [3.8, 4) is 0 Å². The van der Waals surface area contributed by atoms with E-state index < -0.39 is 0 Å². The maximum atomic E-state index is 11.4. The molecule has 0 atom stereocenters. The van der Waals surface area contributed by atoms with E-state index in [4.69, 9.17) is 0 Å². The summed E-state index contributed by atoms with van der Waals surface area (Å²) in [4.78, 5) is 11.4. The lowest BCUT2D eigenvalue weighted by atomic mass is 10.1. The number of amides is 1. The Hall–Kier alpha value is -0.570. The Morgan fingerprint density at radius 1 is 1.31 bits per heavy atom. The molecule has 0 aromatic heterocycles. The molecule has 1 fully saturated rings. The van der Waals surface area contributed by atoms with E-state index in [-0.39, 0.29) is 5.91 Å². The molecule has 1 rings (SSSR count). The summed E-state index contributed by atoms with van der Waals surface area (Å²) in [6, 6.07) is 0. The summed E-state index contributed by atoms with van der Waals surface area (Å²) >= 11 is 0. The molecule has 94 valence electrons. The Bertz CT molecular complexity index is 198. The molecule has 0 aromatic rings. The van der Waals surface area contributed by atoms with Gasteiger partial charge < -0.3 is 10.6 Å². The van der Waals surface area contributed by atoms with Crippen molar-refractivity contribution in [3.63, 3.8) is 0 Å². The summed E-state index contributed by atoms with van der Waals surface area (Å²) < 4.78 is 0. The zero-order valence-electron chi connectivity index (χ0n) is 10.7. The van der Waals surface area contributed by atoms with Gasteiger partial charge in [-0.05, 0) is 37.6 Å². The molecule has 1 saturated carbocycles. The molecule has 0 bridgehead atoms. The third-order valence-corrected chi connectivity index (χ3v) is 3.24. The second-order valence-corrected chi connectivity index (χ2v) is 5.31. The van der Waals surface area contributed by atoms with E-state index in [2.05, 4.69) is 24.5 Å². The molecular weight excluding hydrogens is 200 g/mol. The van der Waals surface area contributed by atoms with Gasteiger partial charge in [0.15, 0.2) is 0 Å². The van der Waals surface area contributed by atoms with Crippen LogP contribution in [0.3, 0.4) is 0 Å². The lowest BCUT2D eigenvalue weighted by molar-refractivity contribution is -0.120. The predicted molar refractivity (Wildman–Crippen MR) is 67.3 cm³/mol. The van der Waals surface area contributed by atoms with Gasteiger partial charge in [-0.15, -0.1) is 0 Å². The minimum Gasteiger partial charge on any atom is -0.355 e. The van der Waals surface area contributed by atoms with Crippen LogP contribution < -0.4 is 10.6 Å². The first kappa shape index (κ1) is 13.5. The molecule has 1 amide bonds. The Labute approximate surface area is 99.4 Å². The summed E-state index contributed by atoms with van der Waals surface area (Å²) in [5.74, 6) is 1.61. The van der Waals surface area contributed by atoms with Crippen LogP contribution in [0.4, 0.5) is 0 Å². The average Bonchev–Trinajstić information content (AvgIpc) is 2.70. The topological polar surface area (TPSA) is 41.1 Å². The van der Waals surface area contributed by atoms with Crippen LogP contribution in [0, 0.1) is 11.8 Å². The highest BCUT2D eigenvalue weighted by atomic mass is 16.1. The molecule has 0 radical (unpaired) electrons. The van der Waals surface area contributed by atoms with Gasteiger partial charge in [0.25, 0.3) is 0 Å². The minimum absolute atomic E-state index is 0.138. The van der Waals surface area contributed by atoms with Crippen molar-refractivity contribution in [2.75, 3.05) is 19.6 Å². The van der Waals surface area contributed by atoms with Gasteiger partial charge in [0.1, 0.15) is 0 Å². The highest BCUT2D eigenvalue weighted by molar-refractivity contribution is 5.77. The van der Waals surface area contributed by atoms with Crippen molar-refractivity contribution in [3.05, 3.63) is 0 Å². The fourth-order valence-electron chi connectivity index (χ4n) is 2.17. The maximum Gasteiger partial charge on any atom is 0.233 e. The molecule has 1 aliphatic carbocycles. The predicted octanol–water partition coefficient (Wildman–Crippen LogP) is 1.93. The van der Waals surface area contributed by atoms with E-state index in [1.165, 1.54) is 25.7 Å². The van der Waals surface area contributed by atoms with Crippen molar-refractivity contribution in [2.45, 2.75) is 46.0 Å². The Morgan fingerprint density at radius 3 is 2.62 bits per heavy atom. The molecule has 0 unspecified atom stereocenters. The van der Waals surface area contributed by atoms with Crippen molar-refractivity contribution in [1.29, 1.82) is 0 Å². The van der Waals surface area contributed by atoms with E-state index in [1.807, 2.05) is 0 Å². The lowest BCUT2D eigenvalue weighted by Crippen LogP contribution is -2.36. The molecule has 16 heavy (non-hydrogen) atoms. The van der Waals surface area contributed by atoms with Crippen LogP contribution in [-0.4, -0.2) is 25.5 Å². The fraction of sp³-hybridized carbons (Fsp3) is 0.923. The Morgan fingerprint density at radius 2 is 2.00 bits per heavy atom. The van der Waals surface area contributed by atoms with E-state index in [0.717, 1.165) is 25.4 Å². The third-order valence-electron chi connectivity index (χ3n) is 3.24. The third kappa shape index (κ3) is 6.11. The smallest absolute Gasteiger partial charge is 0.233 e. The minimum atomic E-state index is 0.138. The van der Waals surface area contributed by atoms with Crippen LogP contribution in [0.2, 0.25) is 0 Å². The van der Waals surface area contributed by atoms with Gasteiger partial charge in [-0.3, -0.25) is 4.79 Å². The number of hydrogen-bond acceptors (Lipinski definition) is 2. The molecule has 0 heterocycles. The second-order valence-electron chi connectivity index (χ2n) is 5.31. The molecule has 2 N–H and O–H groups in total. The van der Waals surface area contributed by atoms with Crippen LogP contribution in [-0.2, 0) is 4.79 Å². The summed E-state index contributed by atoms with van der Waals surface area (Å²) in [5.41, 5.74) is 0. The van der Waals surface area contributed by atoms with Gasteiger partial charge in [-0.2, -0.15) is 0 Å². The van der Waals surface area contributed by atoms with E-state index in [1.54, 1.807) is 0 Å². The van der Waals surface area contributed by atoms with E-state index >= 15 is 0 Å². The fourth-order valence-corrected chi connectivity index (χ4v) is 2.17. The molecular formula is C13H26N2O. The van der Waals surface area contributed by atoms with Crippen molar-refractivity contribution in [1.82, 2.24) is 10.6 Å². The second kappa shape index (κ2) is 7.66. The molecule has 0 spiro atoms. The molecule has 0 saturated heterocycles. The van der Waals surface area contributed by atoms with Gasteiger partial charge in [0.05, 0.1) is 6.54 Å². The van der Waals surface area contributed by atoms with E-state index in [0.29, 0.717) is 12.5 Å². The lowest BCUT2D eigenvalue weighted by Gasteiger charge is -2.11. The van der Waals surface area contributed by atoms with Crippen LogP contribution >= 0.6 is 0 Å². The normalized spacial score (nSPS) is 16.9. The quantitative estimate of drug-likeness (QED) is 0.696. The molecule has 3 nitrogen and oxygen atoms in total. The van der Waals surface area contributed by atoms with Crippen molar-refractivity contribution < 1.29 is 4.79 Å². The first-order valence-electron chi connectivity index (χ1n) is 6.66. The zero-order valence-corrected chi connectivity index (χ0v) is 10.7. The number of hydrogen-bond donors (Lipinski definition) is 2. The van der Waals surface area contributed by atoms with Gasteiger partial charge in [-0.25, -0.2) is 0 Å².